The molecule has 1 aliphatic heterocycles. The molecule has 2 nitrogen and oxygen atoms in total. The summed E-state index contributed by atoms with van der Waals surface area (Å²) in [5.74, 6) is -4.81. The van der Waals surface area contributed by atoms with Crippen LogP contribution in [0.15, 0.2) is 12.1 Å². The molecule has 1 heterocycles. The Morgan fingerprint density at radius 3 is 2.26 bits per heavy atom. The monoisotopic (exact) mass is 271 g/mol. The fraction of sp³-hybridized carbons (Fsp3) is 0.500. The fourth-order valence-electron chi connectivity index (χ4n) is 2.45. The summed E-state index contributed by atoms with van der Waals surface area (Å²) in [6.45, 7) is 4.87. The van der Waals surface area contributed by atoms with Gasteiger partial charge in [0.1, 0.15) is 0 Å². The summed E-state index contributed by atoms with van der Waals surface area (Å²) in [5.41, 5.74) is -1.31. The maximum absolute atomic E-state index is 13.7. The topological polar surface area (TPSA) is 20.3 Å². The molecule has 0 N–H and O–H groups in total. The zero-order valence-electron chi connectivity index (χ0n) is 11.0. The minimum Gasteiger partial charge on any atom is -0.292 e. The van der Waals surface area contributed by atoms with Crippen LogP contribution in [0.1, 0.15) is 37.0 Å². The second-order valence-corrected chi connectivity index (χ2v) is 5.31. The summed E-state index contributed by atoms with van der Waals surface area (Å²) in [7, 11) is 0. The van der Waals surface area contributed by atoms with Crippen LogP contribution in [-0.2, 0) is 0 Å². The standard InChI is InChI=1S/C14H16F3NO/c1-14(2,18-7-3-4-8-18)13(19)9-5-6-10(15)12(17)11(9)16/h5-6H,3-4,7-8H2,1-2H3. The number of ketones is 1. The van der Waals surface area contributed by atoms with Crippen molar-refractivity contribution in [2.24, 2.45) is 0 Å². The van der Waals surface area contributed by atoms with Crippen LogP contribution in [0.5, 0.6) is 0 Å². The predicted octanol–water partition coefficient (Wildman–Crippen LogP) is 3.16. The van der Waals surface area contributed by atoms with Gasteiger partial charge in [-0.3, -0.25) is 9.69 Å². The quantitative estimate of drug-likeness (QED) is 0.621. The van der Waals surface area contributed by atoms with Crippen molar-refractivity contribution in [3.8, 4) is 0 Å². The van der Waals surface area contributed by atoms with E-state index in [-0.39, 0.29) is 0 Å². The Labute approximate surface area is 110 Å². The molecule has 1 saturated heterocycles. The van der Waals surface area contributed by atoms with Crippen LogP contribution in [-0.4, -0.2) is 29.3 Å². The number of carbonyl (C=O) groups excluding carboxylic acids is 1. The molecule has 2 rings (SSSR count). The van der Waals surface area contributed by atoms with Gasteiger partial charge in [-0.05, 0) is 51.9 Å². The molecule has 1 fully saturated rings. The SMILES string of the molecule is CC(C)(C(=O)c1ccc(F)c(F)c1F)N1CCCC1. The van der Waals surface area contributed by atoms with E-state index in [2.05, 4.69) is 0 Å². The second-order valence-electron chi connectivity index (χ2n) is 5.31. The number of Topliss-reactive ketones (excluding diaryl/α,β-unsaturated/α-hetero) is 1. The lowest BCUT2D eigenvalue weighted by Crippen LogP contribution is -2.48. The number of nitrogens with zero attached hydrogens (tertiary/aromatic N) is 1. The van der Waals surface area contributed by atoms with Gasteiger partial charge in [-0.25, -0.2) is 13.2 Å². The molecule has 1 aliphatic rings. The Bertz CT molecular complexity index is 508. The first-order valence-electron chi connectivity index (χ1n) is 6.29. The molecule has 0 unspecified atom stereocenters. The van der Waals surface area contributed by atoms with Gasteiger partial charge >= 0.3 is 0 Å². The molecule has 104 valence electrons. The van der Waals surface area contributed by atoms with Crippen LogP contribution in [0.3, 0.4) is 0 Å². The number of likely N-dealkylation sites (tertiary alicyclic amines) is 1. The van der Waals surface area contributed by atoms with Gasteiger partial charge in [0.05, 0.1) is 11.1 Å². The van der Waals surface area contributed by atoms with E-state index in [1.165, 1.54) is 0 Å². The van der Waals surface area contributed by atoms with Crippen molar-refractivity contribution >= 4 is 5.78 Å². The highest BCUT2D eigenvalue weighted by atomic mass is 19.2. The van der Waals surface area contributed by atoms with Crippen molar-refractivity contribution in [2.45, 2.75) is 32.2 Å². The summed E-state index contributed by atoms with van der Waals surface area (Å²) in [4.78, 5) is 14.3. The molecular formula is C14H16F3NO. The Balaban J connectivity index is 2.36. The number of hydrogen-bond donors (Lipinski definition) is 0. The number of rotatable bonds is 3. The molecular weight excluding hydrogens is 255 g/mol. The van der Waals surface area contributed by atoms with Crippen molar-refractivity contribution in [1.29, 1.82) is 0 Å². The maximum Gasteiger partial charge on any atom is 0.195 e. The van der Waals surface area contributed by atoms with Crippen molar-refractivity contribution in [1.82, 2.24) is 4.90 Å². The summed E-state index contributed by atoms with van der Waals surface area (Å²) in [6, 6.07) is 1.79. The zero-order valence-corrected chi connectivity index (χ0v) is 11.0. The van der Waals surface area contributed by atoms with E-state index in [0.717, 1.165) is 38.1 Å². The lowest BCUT2D eigenvalue weighted by molar-refractivity contribution is 0.0697. The Morgan fingerprint density at radius 1 is 1.11 bits per heavy atom. The van der Waals surface area contributed by atoms with E-state index in [1.54, 1.807) is 13.8 Å². The smallest absolute Gasteiger partial charge is 0.195 e. The molecule has 0 radical (unpaired) electrons. The number of carbonyl (C=O) groups is 1. The minimum absolute atomic E-state index is 0.393. The van der Waals surface area contributed by atoms with Gasteiger partial charge in [0.2, 0.25) is 0 Å². The zero-order chi connectivity index (χ0) is 14.2. The molecule has 19 heavy (non-hydrogen) atoms. The summed E-state index contributed by atoms with van der Waals surface area (Å²) in [5, 5.41) is 0. The van der Waals surface area contributed by atoms with Crippen molar-refractivity contribution in [2.75, 3.05) is 13.1 Å². The molecule has 0 saturated carbocycles. The molecule has 0 spiro atoms. The van der Waals surface area contributed by atoms with E-state index in [4.69, 9.17) is 0 Å². The first-order valence-corrected chi connectivity index (χ1v) is 6.29. The van der Waals surface area contributed by atoms with E-state index >= 15 is 0 Å². The Kier molecular flexibility index (Phi) is 3.67. The first-order chi connectivity index (χ1) is 8.85. The number of halogens is 3. The molecule has 5 heteroatoms. The lowest BCUT2D eigenvalue weighted by Gasteiger charge is -2.34. The molecule has 0 aliphatic carbocycles. The predicted molar refractivity (Wildman–Crippen MR) is 65.5 cm³/mol. The van der Waals surface area contributed by atoms with Crippen LogP contribution >= 0.6 is 0 Å². The molecule has 0 amide bonds. The van der Waals surface area contributed by atoms with Gasteiger partial charge in [0, 0.05) is 0 Å². The molecule has 0 bridgehead atoms. The maximum atomic E-state index is 13.7. The highest BCUT2D eigenvalue weighted by Crippen LogP contribution is 2.27. The van der Waals surface area contributed by atoms with Crippen LogP contribution in [0.4, 0.5) is 13.2 Å². The van der Waals surface area contributed by atoms with Gasteiger partial charge in [0.25, 0.3) is 0 Å². The van der Waals surface area contributed by atoms with Gasteiger partial charge in [-0.2, -0.15) is 0 Å². The Hall–Kier alpha value is -1.36. The third kappa shape index (κ3) is 2.39. The third-order valence-electron chi connectivity index (χ3n) is 3.73. The molecule has 1 aromatic rings. The second kappa shape index (κ2) is 4.96. The summed E-state index contributed by atoms with van der Waals surface area (Å²) < 4.78 is 39.8. The summed E-state index contributed by atoms with van der Waals surface area (Å²) >= 11 is 0. The molecule has 0 aromatic heterocycles. The van der Waals surface area contributed by atoms with Crippen molar-refractivity contribution < 1.29 is 18.0 Å². The number of hydrogen-bond acceptors (Lipinski definition) is 2. The van der Waals surface area contributed by atoms with E-state index < -0.39 is 34.3 Å². The molecule has 1 aromatic carbocycles. The van der Waals surface area contributed by atoms with Gasteiger partial charge < -0.3 is 0 Å². The number of benzene rings is 1. The normalized spacial score (nSPS) is 16.9. The van der Waals surface area contributed by atoms with E-state index in [0.29, 0.717) is 0 Å². The third-order valence-corrected chi connectivity index (χ3v) is 3.73. The lowest BCUT2D eigenvalue weighted by atomic mass is 9.91. The van der Waals surface area contributed by atoms with Gasteiger partial charge in [-0.15, -0.1) is 0 Å². The minimum atomic E-state index is -1.59. The van der Waals surface area contributed by atoms with Gasteiger partial charge in [-0.1, -0.05) is 0 Å². The summed E-state index contributed by atoms with van der Waals surface area (Å²) in [6.07, 6.45) is 1.97. The van der Waals surface area contributed by atoms with E-state index in [9.17, 15) is 18.0 Å². The van der Waals surface area contributed by atoms with Crippen LogP contribution in [0, 0.1) is 17.5 Å². The fourth-order valence-corrected chi connectivity index (χ4v) is 2.45. The van der Waals surface area contributed by atoms with Crippen LogP contribution < -0.4 is 0 Å². The average Bonchev–Trinajstić information content (AvgIpc) is 2.90. The highest BCUT2D eigenvalue weighted by Gasteiger charge is 2.38. The molecule has 0 atom stereocenters. The van der Waals surface area contributed by atoms with Crippen LogP contribution in [0.25, 0.3) is 0 Å². The van der Waals surface area contributed by atoms with Crippen molar-refractivity contribution in [3.63, 3.8) is 0 Å². The van der Waals surface area contributed by atoms with Crippen LogP contribution in [0.2, 0.25) is 0 Å². The first kappa shape index (κ1) is 14.1. The van der Waals surface area contributed by atoms with Gasteiger partial charge in [0.15, 0.2) is 23.2 Å². The average molecular weight is 271 g/mol. The van der Waals surface area contributed by atoms with E-state index in [1.807, 2.05) is 4.90 Å². The Morgan fingerprint density at radius 2 is 1.68 bits per heavy atom. The highest BCUT2D eigenvalue weighted by molar-refractivity contribution is 6.02. The van der Waals surface area contributed by atoms with Crippen molar-refractivity contribution in [3.05, 3.63) is 35.1 Å². The largest absolute Gasteiger partial charge is 0.292 e.